The molecule has 0 atom stereocenters. The number of anilines is 1. The highest BCUT2D eigenvalue weighted by Crippen LogP contribution is 2.18. The molecule has 21 heavy (non-hydrogen) atoms. The van der Waals surface area contributed by atoms with E-state index in [2.05, 4.69) is 30.3 Å². The third-order valence-corrected chi connectivity index (χ3v) is 4.26. The van der Waals surface area contributed by atoms with Crippen LogP contribution in [0, 0.1) is 0 Å². The zero-order valence-electron chi connectivity index (χ0n) is 11.2. The lowest BCUT2D eigenvalue weighted by Crippen LogP contribution is -2.22. The smallest absolute Gasteiger partial charge is 0.267 e. The average molecular weight is 309 g/mol. The molecule has 2 heterocycles. The van der Waals surface area contributed by atoms with Crippen molar-refractivity contribution in [2.24, 2.45) is 0 Å². The first-order chi connectivity index (χ1) is 10.1. The lowest BCUT2D eigenvalue weighted by molar-refractivity contribution is 0.552. The molecule has 112 valence electrons. The van der Waals surface area contributed by atoms with Crippen molar-refractivity contribution in [3.8, 4) is 0 Å². The molecule has 2 N–H and O–H groups in total. The molecule has 0 spiro atoms. The van der Waals surface area contributed by atoms with Crippen LogP contribution in [0.2, 0.25) is 0 Å². The molecule has 1 aliphatic carbocycles. The molecule has 0 amide bonds. The molecule has 0 bridgehead atoms. The molecule has 3 rings (SSSR count). The Bertz CT molecular complexity index is 696. The summed E-state index contributed by atoms with van der Waals surface area (Å²) in [6, 6.07) is 0.619. The fourth-order valence-corrected chi connectivity index (χ4v) is 2.65. The van der Waals surface area contributed by atoms with Crippen LogP contribution in [0.3, 0.4) is 0 Å². The Balaban J connectivity index is 1.63. The van der Waals surface area contributed by atoms with E-state index < -0.39 is 10.0 Å². The first-order valence-electron chi connectivity index (χ1n) is 6.56. The van der Waals surface area contributed by atoms with E-state index in [9.17, 15) is 8.42 Å². The first-order valence-corrected chi connectivity index (χ1v) is 8.04. The van der Waals surface area contributed by atoms with Gasteiger partial charge in [-0.15, -0.1) is 5.10 Å². The van der Waals surface area contributed by atoms with Gasteiger partial charge in [-0.1, -0.05) is 0 Å². The van der Waals surface area contributed by atoms with Crippen LogP contribution in [0.1, 0.15) is 12.8 Å². The van der Waals surface area contributed by atoms with E-state index in [4.69, 9.17) is 0 Å². The molecule has 0 unspecified atom stereocenters. The maximum atomic E-state index is 12.1. The van der Waals surface area contributed by atoms with Crippen LogP contribution in [0.25, 0.3) is 0 Å². The van der Waals surface area contributed by atoms with Gasteiger partial charge in [-0.25, -0.2) is 18.1 Å². The van der Waals surface area contributed by atoms with Gasteiger partial charge in [0.05, 0.1) is 25.1 Å². The summed E-state index contributed by atoms with van der Waals surface area (Å²) in [5, 5.41) is 14.5. The van der Waals surface area contributed by atoms with Crippen molar-refractivity contribution in [1.82, 2.24) is 30.3 Å². The third-order valence-electron chi connectivity index (χ3n) is 2.98. The lowest BCUT2D eigenvalue weighted by atomic mass is 10.6. The van der Waals surface area contributed by atoms with Crippen LogP contribution in [0.5, 0.6) is 0 Å². The van der Waals surface area contributed by atoms with E-state index in [0.29, 0.717) is 12.6 Å². The predicted octanol–water partition coefficient (Wildman–Crippen LogP) is -0.379. The molecule has 9 nitrogen and oxygen atoms in total. The second-order valence-electron chi connectivity index (χ2n) is 4.74. The maximum absolute atomic E-state index is 12.1. The number of sulfonamides is 1. The molecule has 0 radical (unpaired) electrons. The van der Waals surface area contributed by atoms with Crippen LogP contribution >= 0.6 is 0 Å². The second kappa shape index (κ2) is 5.74. The van der Waals surface area contributed by atoms with Gasteiger partial charge in [-0.05, 0) is 12.8 Å². The van der Waals surface area contributed by atoms with Crippen LogP contribution < -0.4 is 10.0 Å². The molecule has 0 saturated heterocycles. The van der Waals surface area contributed by atoms with Gasteiger partial charge in [0.1, 0.15) is 4.90 Å². The summed E-state index contributed by atoms with van der Waals surface area (Å²) in [6.45, 7) is 1.39. The number of nitrogens with one attached hydrogen (secondary N) is 2. The highest BCUT2D eigenvalue weighted by Gasteiger charge is 2.20. The fraction of sp³-hybridized carbons (Fsp3) is 0.455. The quantitative estimate of drug-likeness (QED) is 0.716. The highest BCUT2D eigenvalue weighted by atomic mass is 32.2. The summed E-state index contributed by atoms with van der Waals surface area (Å²) in [4.78, 5) is 3.84. The molecule has 1 saturated carbocycles. The Hall–Kier alpha value is -2.07. The molecule has 0 aliphatic heterocycles. The number of rotatable bonds is 7. The topological polar surface area (TPSA) is 115 Å². The molecule has 0 aromatic carbocycles. The van der Waals surface area contributed by atoms with Crippen molar-refractivity contribution in [2.75, 3.05) is 11.3 Å². The zero-order valence-corrected chi connectivity index (χ0v) is 12.0. The van der Waals surface area contributed by atoms with Gasteiger partial charge in [0.15, 0.2) is 0 Å². The standard InChI is InChI=1S/C11H15N7O2S/c19-21(20,17-11-13-3-4-14-16-11)10-7-15-18(8-10)6-5-12-9-1-2-9/h3-4,7-9,12H,1-2,5-6H2,(H,13,16,17). The summed E-state index contributed by atoms with van der Waals surface area (Å²) in [5.74, 6) is -0.0688. The highest BCUT2D eigenvalue weighted by molar-refractivity contribution is 7.92. The Morgan fingerprint density at radius 1 is 1.33 bits per heavy atom. The molecular formula is C11H15N7O2S. The van der Waals surface area contributed by atoms with Gasteiger partial charge >= 0.3 is 0 Å². The molecule has 2 aromatic heterocycles. The van der Waals surface area contributed by atoms with Crippen LogP contribution in [-0.4, -0.2) is 46.0 Å². The monoisotopic (exact) mass is 309 g/mol. The van der Waals surface area contributed by atoms with Crippen LogP contribution in [0.15, 0.2) is 29.7 Å². The van der Waals surface area contributed by atoms with Crippen LogP contribution in [-0.2, 0) is 16.6 Å². The normalized spacial score (nSPS) is 15.0. The molecule has 1 fully saturated rings. The summed E-state index contributed by atoms with van der Waals surface area (Å²) in [7, 11) is -3.74. The van der Waals surface area contributed by atoms with Crippen LogP contribution in [0.4, 0.5) is 5.95 Å². The van der Waals surface area contributed by atoms with Gasteiger partial charge in [0.25, 0.3) is 16.0 Å². The van der Waals surface area contributed by atoms with Gasteiger partial charge in [-0.2, -0.15) is 10.2 Å². The fourth-order valence-electron chi connectivity index (χ4n) is 1.75. The van der Waals surface area contributed by atoms with Gasteiger partial charge in [-0.3, -0.25) is 4.68 Å². The van der Waals surface area contributed by atoms with Gasteiger partial charge < -0.3 is 5.32 Å². The minimum absolute atomic E-state index is 0.0688. The van der Waals surface area contributed by atoms with Gasteiger partial charge in [0, 0.05) is 18.8 Å². The Morgan fingerprint density at radius 2 is 2.19 bits per heavy atom. The van der Waals surface area contributed by atoms with Crippen molar-refractivity contribution >= 4 is 16.0 Å². The van der Waals surface area contributed by atoms with Gasteiger partial charge in [0.2, 0.25) is 0 Å². The Kier molecular flexibility index (Phi) is 3.80. The summed E-state index contributed by atoms with van der Waals surface area (Å²) < 4.78 is 28.1. The Labute approximate surface area is 121 Å². The number of hydrogen-bond donors (Lipinski definition) is 2. The van der Waals surface area contributed by atoms with Crippen molar-refractivity contribution in [3.63, 3.8) is 0 Å². The van der Waals surface area contributed by atoms with Crippen molar-refractivity contribution in [2.45, 2.75) is 30.3 Å². The van der Waals surface area contributed by atoms with E-state index >= 15 is 0 Å². The van der Waals surface area contributed by atoms with E-state index in [1.54, 1.807) is 4.68 Å². The number of nitrogens with zero attached hydrogens (tertiary/aromatic N) is 5. The molecule has 2 aromatic rings. The van der Waals surface area contributed by atoms with Crippen molar-refractivity contribution in [3.05, 3.63) is 24.8 Å². The average Bonchev–Trinajstić information content (AvgIpc) is 3.15. The van der Waals surface area contributed by atoms with E-state index in [-0.39, 0.29) is 10.8 Å². The molecule has 10 heteroatoms. The largest absolute Gasteiger partial charge is 0.312 e. The summed E-state index contributed by atoms with van der Waals surface area (Å²) in [6.07, 6.45) is 7.94. The van der Waals surface area contributed by atoms with E-state index in [0.717, 1.165) is 6.54 Å². The number of aromatic nitrogens is 5. The lowest BCUT2D eigenvalue weighted by Gasteiger charge is -2.03. The van der Waals surface area contributed by atoms with E-state index in [1.807, 2.05) is 0 Å². The minimum atomic E-state index is -3.74. The number of hydrogen-bond acceptors (Lipinski definition) is 7. The predicted molar refractivity (Wildman–Crippen MR) is 73.9 cm³/mol. The molecule has 1 aliphatic rings. The molecular weight excluding hydrogens is 294 g/mol. The minimum Gasteiger partial charge on any atom is -0.312 e. The maximum Gasteiger partial charge on any atom is 0.267 e. The Morgan fingerprint density at radius 3 is 2.90 bits per heavy atom. The van der Waals surface area contributed by atoms with E-state index in [1.165, 1.54) is 37.6 Å². The third kappa shape index (κ3) is 3.73. The zero-order chi connectivity index (χ0) is 14.7. The summed E-state index contributed by atoms with van der Waals surface area (Å²) in [5.41, 5.74) is 0. The first kappa shape index (κ1) is 13.9. The second-order valence-corrected chi connectivity index (χ2v) is 6.42. The van der Waals surface area contributed by atoms with Crippen molar-refractivity contribution in [1.29, 1.82) is 0 Å². The van der Waals surface area contributed by atoms with Crippen molar-refractivity contribution < 1.29 is 8.42 Å². The summed E-state index contributed by atoms with van der Waals surface area (Å²) >= 11 is 0. The SMILES string of the molecule is O=S(=O)(Nc1nccnn1)c1cnn(CCNC2CC2)c1.